The molecule has 0 aliphatic carbocycles. The molecule has 1 heterocycles. The van der Waals surface area contributed by atoms with Crippen molar-refractivity contribution in [1.82, 2.24) is 4.31 Å². The van der Waals surface area contributed by atoms with Gasteiger partial charge in [0, 0.05) is 6.54 Å². The molecule has 0 unspecified atom stereocenters. The van der Waals surface area contributed by atoms with Crippen molar-refractivity contribution >= 4 is 10.0 Å². The number of nitrogens with zero attached hydrogens (tertiary/aromatic N) is 1. The average Bonchev–Trinajstić information content (AvgIpc) is 2.37. The van der Waals surface area contributed by atoms with Gasteiger partial charge in [-0.15, -0.1) is 0 Å². The van der Waals surface area contributed by atoms with Crippen LogP contribution in [0.2, 0.25) is 0 Å². The van der Waals surface area contributed by atoms with E-state index in [1.807, 2.05) is 13.8 Å². The van der Waals surface area contributed by atoms with Crippen LogP contribution in [0, 0.1) is 0 Å². The van der Waals surface area contributed by atoms with Gasteiger partial charge in [0.1, 0.15) is 10.6 Å². The van der Waals surface area contributed by atoms with E-state index >= 15 is 0 Å². The van der Waals surface area contributed by atoms with Gasteiger partial charge in [-0.2, -0.15) is 4.31 Å². The van der Waals surface area contributed by atoms with Crippen LogP contribution in [0.1, 0.15) is 13.8 Å². The molecular weight excluding hydrogens is 266 g/mol. The molecule has 0 atom stereocenters. The number of benzene rings is 1. The molecule has 0 N–H and O–H groups in total. The van der Waals surface area contributed by atoms with Gasteiger partial charge in [0.2, 0.25) is 10.0 Å². The van der Waals surface area contributed by atoms with Gasteiger partial charge in [0.15, 0.2) is 0 Å². The first-order chi connectivity index (χ1) is 8.89. The summed E-state index contributed by atoms with van der Waals surface area (Å²) in [7, 11) is -2.11. The van der Waals surface area contributed by atoms with E-state index in [2.05, 4.69) is 0 Å². The minimum atomic E-state index is -3.58. The van der Waals surface area contributed by atoms with E-state index in [9.17, 15) is 8.42 Å². The van der Waals surface area contributed by atoms with Crippen molar-refractivity contribution < 1.29 is 17.9 Å². The van der Waals surface area contributed by atoms with Crippen LogP contribution >= 0.6 is 0 Å². The lowest BCUT2D eigenvalue weighted by Crippen LogP contribution is -2.55. The van der Waals surface area contributed by atoms with Crippen molar-refractivity contribution in [2.24, 2.45) is 0 Å². The van der Waals surface area contributed by atoms with Crippen molar-refractivity contribution in [3.63, 3.8) is 0 Å². The van der Waals surface area contributed by atoms with Gasteiger partial charge in [-0.3, -0.25) is 0 Å². The average molecular weight is 285 g/mol. The van der Waals surface area contributed by atoms with Crippen molar-refractivity contribution in [3.05, 3.63) is 24.3 Å². The molecule has 1 aliphatic rings. The molecule has 1 fully saturated rings. The van der Waals surface area contributed by atoms with Crippen LogP contribution in [0.4, 0.5) is 0 Å². The van der Waals surface area contributed by atoms with Crippen LogP contribution in [0.3, 0.4) is 0 Å². The quantitative estimate of drug-likeness (QED) is 0.844. The van der Waals surface area contributed by atoms with Crippen LogP contribution in [-0.2, 0) is 14.8 Å². The highest BCUT2D eigenvalue weighted by molar-refractivity contribution is 7.89. The fourth-order valence-electron chi connectivity index (χ4n) is 2.24. The maximum Gasteiger partial charge on any atom is 0.247 e. The Morgan fingerprint density at radius 3 is 2.63 bits per heavy atom. The van der Waals surface area contributed by atoms with Crippen LogP contribution in [0.25, 0.3) is 0 Å². The molecule has 2 rings (SSSR count). The maximum atomic E-state index is 12.8. The third-order valence-electron chi connectivity index (χ3n) is 3.21. The number of morpholine rings is 1. The molecule has 0 radical (unpaired) electrons. The smallest absolute Gasteiger partial charge is 0.247 e. The number of para-hydroxylation sites is 1. The Balaban J connectivity index is 2.47. The predicted molar refractivity (Wildman–Crippen MR) is 71.8 cm³/mol. The molecule has 0 bridgehead atoms. The summed E-state index contributed by atoms with van der Waals surface area (Å²) in [5.74, 6) is 0.366. The van der Waals surface area contributed by atoms with E-state index in [0.29, 0.717) is 25.5 Å². The van der Waals surface area contributed by atoms with Crippen molar-refractivity contribution in [2.75, 3.05) is 26.9 Å². The third kappa shape index (κ3) is 2.61. The number of rotatable bonds is 3. The Kier molecular flexibility index (Phi) is 3.85. The summed E-state index contributed by atoms with van der Waals surface area (Å²) in [6.07, 6.45) is 0. The van der Waals surface area contributed by atoms with E-state index in [0.717, 1.165) is 0 Å². The lowest BCUT2D eigenvalue weighted by molar-refractivity contribution is -0.00776. The molecule has 5 nitrogen and oxygen atoms in total. The zero-order valence-corrected chi connectivity index (χ0v) is 12.2. The molecule has 1 saturated heterocycles. The SMILES string of the molecule is COc1ccccc1S(=O)(=O)N1CCOCC1(C)C. The summed E-state index contributed by atoms with van der Waals surface area (Å²) in [5, 5.41) is 0. The summed E-state index contributed by atoms with van der Waals surface area (Å²) in [6.45, 7) is 4.88. The van der Waals surface area contributed by atoms with Crippen LogP contribution in [0.5, 0.6) is 5.75 Å². The van der Waals surface area contributed by atoms with Crippen molar-refractivity contribution in [3.8, 4) is 5.75 Å². The van der Waals surface area contributed by atoms with Gasteiger partial charge >= 0.3 is 0 Å². The first kappa shape index (κ1) is 14.3. The van der Waals surface area contributed by atoms with E-state index in [-0.39, 0.29) is 4.90 Å². The molecule has 1 aromatic rings. The number of hydrogen-bond acceptors (Lipinski definition) is 4. The van der Waals surface area contributed by atoms with E-state index in [1.54, 1.807) is 24.3 Å². The molecule has 0 amide bonds. The van der Waals surface area contributed by atoms with Crippen LogP contribution in [0.15, 0.2) is 29.2 Å². The predicted octanol–water partition coefficient (Wildman–Crippen LogP) is 1.49. The Bertz CT molecular complexity index is 554. The van der Waals surface area contributed by atoms with Crippen molar-refractivity contribution in [2.45, 2.75) is 24.3 Å². The summed E-state index contributed by atoms with van der Waals surface area (Å²) in [5.41, 5.74) is -0.558. The highest BCUT2D eigenvalue weighted by Crippen LogP contribution is 2.31. The van der Waals surface area contributed by atoms with Gasteiger partial charge in [-0.1, -0.05) is 12.1 Å². The van der Waals surface area contributed by atoms with Gasteiger partial charge in [-0.05, 0) is 26.0 Å². The van der Waals surface area contributed by atoms with Gasteiger partial charge in [0.05, 0.1) is 25.9 Å². The number of methoxy groups -OCH3 is 1. The highest BCUT2D eigenvalue weighted by Gasteiger charge is 2.40. The summed E-state index contributed by atoms with van der Waals surface area (Å²) >= 11 is 0. The zero-order chi connectivity index (χ0) is 14.1. The van der Waals surface area contributed by atoms with Crippen molar-refractivity contribution in [1.29, 1.82) is 0 Å². The fourth-order valence-corrected chi connectivity index (χ4v) is 4.15. The van der Waals surface area contributed by atoms with Crippen LogP contribution in [-0.4, -0.2) is 45.1 Å². The topological polar surface area (TPSA) is 55.8 Å². The monoisotopic (exact) mass is 285 g/mol. The number of hydrogen-bond donors (Lipinski definition) is 0. The molecule has 0 aromatic heterocycles. The van der Waals surface area contributed by atoms with E-state index < -0.39 is 15.6 Å². The second-order valence-corrected chi connectivity index (χ2v) is 6.92. The van der Waals surface area contributed by atoms with Gasteiger partial charge in [-0.25, -0.2) is 8.42 Å². The molecular formula is C13H19NO4S. The van der Waals surface area contributed by atoms with Crippen LogP contribution < -0.4 is 4.74 Å². The molecule has 1 aromatic carbocycles. The second-order valence-electron chi connectivity index (χ2n) is 5.09. The third-order valence-corrected chi connectivity index (χ3v) is 5.36. The molecule has 106 valence electrons. The second kappa shape index (κ2) is 5.11. The lowest BCUT2D eigenvalue weighted by Gasteiger charge is -2.40. The van der Waals surface area contributed by atoms with E-state index in [1.165, 1.54) is 11.4 Å². The first-order valence-corrected chi connectivity index (χ1v) is 7.57. The Morgan fingerprint density at radius 2 is 2.00 bits per heavy atom. The molecule has 0 spiro atoms. The normalized spacial score (nSPS) is 20.2. The summed E-state index contributed by atoms with van der Waals surface area (Å²) in [4.78, 5) is 0.201. The first-order valence-electron chi connectivity index (χ1n) is 6.13. The summed E-state index contributed by atoms with van der Waals surface area (Å²) < 4.78 is 37.6. The molecule has 6 heteroatoms. The largest absolute Gasteiger partial charge is 0.495 e. The van der Waals surface area contributed by atoms with Gasteiger partial charge in [0.25, 0.3) is 0 Å². The Morgan fingerprint density at radius 1 is 1.32 bits per heavy atom. The fraction of sp³-hybridized carbons (Fsp3) is 0.538. The standard InChI is InChI=1S/C13H19NO4S/c1-13(2)10-18-9-8-14(13)19(15,16)12-7-5-4-6-11(12)17-3/h4-7H,8-10H2,1-3H3. The molecule has 1 aliphatic heterocycles. The number of sulfonamides is 1. The minimum Gasteiger partial charge on any atom is -0.495 e. The molecule has 0 saturated carbocycles. The van der Waals surface area contributed by atoms with E-state index in [4.69, 9.17) is 9.47 Å². The minimum absolute atomic E-state index is 0.201. The Labute approximate surface area is 114 Å². The molecule has 19 heavy (non-hydrogen) atoms. The number of ether oxygens (including phenoxy) is 2. The Hall–Kier alpha value is -1.11. The maximum absolute atomic E-state index is 12.8. The van der Waals surface area contributed by atoms with Gasteiger partial charge < -0.3 is 9.47 Å². The summed E-state index contributed by atoms with van der Waals surface area (Å²) in [6, 6.07) is 6.67. The lowest BCUT2D eigenvalue weighted by atomic mass is 10.1. The zero-order valence-electron chi connectivity index (χ0n) is 11.4. The highest BCUT2D eigenvalue weighted by atomic mass is 32.2.